The Balaban J connectivity index is 1.57. The molecule has 1 atom stereocenters. The van der Waals surface area contributed by atoms with Gasteiger partial charge in [0.25, 0.3) is 0 Å². The van der Waals surface area contributed by atoms with Gasteiger partial charge in [-0.05, 0) is 36.5 Å². The summed E-state index contributed by atoms with van der Waals surface area (Å²) in [4.78, 5) is 0. The van der Waals surface area contributed by atoms with Crippen LogP contribution in [0, 0.1) is 5.92 Å². The van der Waals surface area contributed by atoms with Crippen LogP contribution in [0.1, 0.15) is 25.3 Å². The van der Waals surface area contributed by atoms with Crippen molar-refractivity contribution in [3.8, 4) is 5.75 Å². The monoisotopic (exact) mass is 263 g/mol. The van der Waals surface area contributed by atoms with Crippen molar-refractivity contribution in [2.45, 2.75) is 26.2 Å². The highest BCUT2D eigenvalue weighted by Gasteiger charge is 2.14. The van der Waals surface area contributed by atoms with Gasteiger partial charge < -0.3 is 14.8 Å². The number of hydrogen-bond donors (Lipinski definition) is 1. The van der Waals surface area contributed by atoms with Crippen molar-refractivity contribution in [2.24, 2.45) is 5.92 Å². The van der Waals surface area contributed by atoms with Crippen molar-refractivity contribution in [3.63, 3.8) is 0 Å². The number of ether oxygens (including phenoxy) is 2. The Bertz CT molecular complexity index is 344. The number of hydrogen-bond acceptors (Lipinski definition) is 3. The van der Waals surface area contributed by atoms with Gasteiger partial charge in [0.15, 0.2) is 0 Å². The molecule has 0 amide bonds. The lowest BCUT2D eigenvalue weighted by atomic mass is 10.1. The fraction of sp³-hybridized carbons (Fsp3) is 0.625. The van der Waals surface area contributed by atoms with Gasteiger partial charge in [-0.25, -0.2) is 0 Å². The standard InChI is InChI=1S/C16H25NO2/c1-2-3-14-4-6-16(7-5-14)19-11-9-17-12-15-8-10-18-13-15/h4-7,15,17H,2-3,8-13H2,1H3. The molecule has 0 bridgehead atoms. The Kier molecular flexibility index (Phi) is 6.18. The van der Waals surface area contributed by atoms with Crippen LogP contribution in [0.2, 0.25) is 0 Å². The van der Waals surface area contributed by atoms with Crippen molar-refractivity contribution in [3.05, 3.63) is 29.8 Å². The van der Waals surface area contributed by atoms with Gasteiger partial charge in [-0.2, -0.15) is 0 Å². The molecular weight excluding hydrogens is 238 g/mol. The lowest BCUT2D eigenvalue weighted by Gasteiger charge is -2.10. The predicted octanol–water partition coefficient (Wildman–Crippen LogP) is 2.64. The molecule has 1 fully saturated rings. The average molecular weight is 263 g/mol. The van der Waals surface area contributed by atoms with Gasteiger partial charge in [0.2, 0.25) is 0 Å². The first-order valence-electron chi connectivity index (χ1n) is 7.38. The second kappa shape index (κ2) is 8.18. The smallest absolute Gasteiger partial charge is 0.119 e. The Labute approximate surface area is 116 Å². The fourth-order valence-corrected chi connectivity index (χ4v) is 2.33. The maximum absolute atomic E-state index is 5.71. The molecule has 106 valence electrons. The van der Waals surface area contributed by atoms with E-state index in [1.165, 1.54) is 18.4 Å². The van der Waals surface area contributed by atoms with Gasteiger partial charge in [0.05, 0.1) is 6.61 Å². The molecule has 3 heteroatoms. The second-order valence-corrected chi connectivity index (χ2v) is 5.18. The van der Waals surface area contributed by atoms with E-state index in [1.54, 1.807) is 0 Å². The van der Waals surface area contributed by atoms with Crippen LogP contribution in [0.5, 0.6) is 5.75 Å². The third-order valence-corrected chi connectivity index (χ3v) is 3.47. The van der Waals surface area contributed by atoms with Gasteiger partial charge in [0.1, 0.15) is 12.4 Å². The summed E-state index contributed by atoms with van der Waals surface area (Å²) in [6, 6.07) is 8.44. The molecule has 0 saturated carbocycles. The predicted molar refractivity (Wildman–Crippen MR) is 77.7 cm³/mol. The van der Waals surface area contributed by atoms with Crippen molar-refractivity contribution >= 4 is 0 Å². The fourth-order valence-electron chi connectivity index (χ4n) is 2.33. The third kappa shape index (κ3) is 5.21. The number of rotatable bonds is 8. The van der Waals surface area contributed by atoms with Crippen LogP contribution in [0.3, 0.4) is 0 Å². The van der Waals surface area contributed by atoms with E-state index >= 15 is 0 Å². The van der Waals surface area contributed by atoms with Crippen molar-refractivity contribution in [2.75, 3.05) is 32.9 Å². The lowest BCUT2D eigenvalue weighted by molar-refractivity contribution is 0.185. The maximum Gasteiger partial charge on any atom is 0.119 e. The molecule has 0 radical (unpaired) electrons. The van der Waals surface area contributed by atoms with Crippen LogP contribution < -0.4 is 10.1 Å². The molecule has 0 aliphatic carbocycles. The molecule has 1 aromatic rings. The zero-order valence-electron chi connectivity index (χ0n) is 11.9. The van der Waals surface area contributed by atoms with Crippen LogP contribution in [-0.4, -0.2) is 32.9 Å². The van der Waals surface area contributed by atoms with E-state index in [0.29, 0.717) is 5.92 Å². The van der Waals surface area contributed by atoms with Crippen LogP contribution in [0.15, 0.2) is 24.3 Å². The van der Waals surface area contributed by atoms with E-state index in [0.717, 1.165) is 45.1 Å². The molecule has 1 aromatic carbocycles. The highest BCUT2D eigenvalue weighted by atomic mass is 16.5. The number of benzene rings is 1. The summed E-state index contributed by atoms with van der Waals surface area (Å²) >= 11 is 0. The van der Waals surface area contributed by atoms with Crippen molar-refractivity contribution in [1.82, 2.24) is 5.32 Å². The van der Waals surface area contributed by atoms with Crippen molar-refractivity contribution < 1.29 is 9.47 Å². The van der Waals surface area contributed by atoms with Crippen LogP contribution in [-0.2, 0) is 11.2 Å². The van der Waals surface area contributed by atoms with E-state index in [2.05, 4.69) is 36.5 Å². The summed E-state index contributed by atoms with van der Waals surface area (Å²) in [5.41, 5.74) is 1.38. The maximum atomic E-state index is 5.71. The zero-order valence-corrected chi connectivity index (χ0v) is 11.9. The molecule has 3 nitrogen and oxygen atoms in total. The molecule has 1 unspecified atom stereocenters. The minimum Gasteiger partial charge on any atom is -0.492 e. The van der Waals surface area contributed by atoms with E-state index in [-0.39, 0.29) is 0 Å². The van der Waals surface area contributed by atoms with Gasteiger partial charge in [-0.1, -0.05) is 25.5 Å². The van der Waals surface area contributed by atoms with E-state index < -0.39 is 0 Å². The minimum atomic E-state index is 0.688. The molecular formula is C16H25NO2. The molecule has 2 rings (SSSR count). The lowest BCUT2D eigenvalue weighted by Crippen LogP contribution is -2.27. The van der Waals surface area contributed by atoms with E-state index in [9.17, 15) is 0 Å². The summed E-state index contributed by atoms with van der Waals surface area (Å²) in [5, 5.41) is 3.42. The Morgan fingerprint density at radius 2 is 2.16 bits per heavy atom. The minimum absolute atomic E-state index is 0.688. The molecule has 1 saturated heterocycles. The summed E-state index contributed by atoms with van der Waals surface area (Å²) in [5.74, 6) is 1.65. The van der Waals surface area contributed by atoms with Crippen LogP contribution in [0.25, 0.3) is 0 Å². The zero-order chi connectivity index (χ0) is 13.3. The van der Waals surface area contributed by atoms with Gasteiger partial charge in [-0.3, -0.25) is 0 Å². The highest BCUT2D eigenvalue weighted by Crippen LogP contribution is 2.13. The summed E-state index contributed by atoms with van der Waals surface area (Å²) < 4.78 is 11.1. The number of nitrogens with one attached hydrogen (secondary N) is 1. The summed E-state index contributed by atoms with van der Waals surface area (Å²) in [6.07, 6.45) is 3.52. The molecule has 0 aromatic heterocycles. The molecule has 1 heterocycles. The van der Waals surface area contributed by atoms with E-state index in [4.69, 9.17) is 9.47 Å². The number of aryl methyl sites for hydroxylation is 1. The Hall–Kier alpha value is -1.06. The highest BCUT2D eigenvalue weighted by molar-refractivity contribution is 5.27. The topological polar surface area (TPSA) is 30.5 Å². The summed E-state index contributed by atoms with van der Waals surface area (Å²) in [6.45, 7) is 6.69. The normalized spacial score (nSPS) is 18.7. The van der Waals surface area contributed by atoms with Crippen LogP contribution >= 0.6 is 0 Å². The quantitative estimate of drug-likeness (QED) is 0.731. The SMILES string of the molecule is CCCc1ccc(OCCNCC2CCOC2)cc1. The molecule has 0 spiro atoms. The second-order valence-electron chi connectivity index (χ2n) is 5.18. The Morgan fingerprint density at radius 1 is 1.32 bits per heavy atom. The third-order valence-electron chi connectivity index (χ3n) is 3.47. The Morgan fingerprint density at radius 3 is 2.84 bits per heavy atom. The van der Waals surface area contributed by atoms with Gasteiger partial charge >= 0.3 is 0 Å². The van der Waals surface area contributed by atoms with Crippen molar-refractivity contribution in [1.29, 1.82) is 0 Å². The average Bonchev–Trinajstić information content (AvgIpc) is 2.94. The summed E-state index contributed by atoms with van der Waals surface area (Å²) in [7, 11) is 0. The molecule has 19 heavy (non-hydrogen) atoms. The largest absolute Gasteiger partial charge is 0.492 e. The van der Waals surface area contributed by atoms with Crippen LogP contribution in [0.4, 0.5) is 0 Å². The van der Waals surface area contributed by atoms with E-state index in [1.807, 2.05) is 0 Å². The van der Waals surface area contributed by atoms with Gasteiger partial charge in [0, 0.05) is 19.7 Å². The molecule has 1 aliphatic rings. The first kappa shape index (κ1) is 14.4. The molecule has 1 N–H and O–H groups in total. The first-order valence-corrected chi connectivity index (χ1v) is 7.38. The molecule has 1 aliphatic heterocycles. The van der Waals surface area contributed by atoms with Gasteiger partial charge in [-0.15, -0.1) is 0 Å². The first-order chi connectivity index (χ1) is 9.38.